The summed E-state index contributed by atoms with van der Waals surface area (Å²) in [4.78, 5) is 9.93. The van der Waals surface area contributed by atoms with E-state index in [-0.39, 0.29) is 6.61 Å². The number of halogens is 3. The SMILES string of the molecule is O=[N+]([O-])CC(OCCCCCCCCCCO)C(Cl)(Cl)Cl. The van der Waals surface area contributed by atoms with Gasteiger partial charge in [-0.05, 0) is 12.8 Å². The molecule has 21 heavy (non-hydrogen) atoms. The Labute approximate surface area is 141 Å². The summed E-state index contributed by atoms with van der Waals surface area (Å²) in [6.45, 7) is 0.115. The molecule has 0 aromatic rings. The standard InChI is InChI=1S/C13H24Cl3NO4/c14-13(15,16)12(11-17(19)20)21-10-8-6-4-2-1-3-5-7-9-18/h12,18H,1-11H2. The van der Waals surface area contributed by atoms with E-state index in [2.05, 4.69) is 0 Å². The number of aliphatic hydroxyl groups excluding tert-OH is 1. The molecule has 126 valence electrons. The van der Waals surface area contributed by atoms with Crippen molar-refractivity contribution < 1.29 is 14.8 Å². The smallest absolute Gasteiger partial charge is 0.233 e. The highest BCUT2D eigenvalue weighted by Gasteiger charge is 2.37. The van der Waals surface area contributed by atoms with E-state index in [0.29, 0.717) is 6.61 Å². The Morgan fingerprint density at radius 1 is 1.00 bits per heavy atom. The van der Waals surface area contributed by atoms with Gasteiger partial charge in [0, 0.05) is 18.1 Å². The highest BCUT2D eigenvalue weighted by atomic mass is 35.6. The van der Waals surface area contributed by atoms with Gasteiger partial charge in [-0.2, -0.15) is 0 Å². The van der Waals surface area contributed by atoms with Gasteiger partial charge >= 0.3 is 0 Å². The number of nitrogens with zero attached hydrogens (tertiary/aromatic N) is 1. The van der Waals surface area contributed by atoms with Crippen LogP contribution in [0.5, 0.6) is 0 Å². The van der Waals surface area contributed by atoms with Gasteiger partial charge in [-0.25, -0.2) is 0 Å². The van der Waals surface area contributed by atoms with Crippen LogP contribution in [0.1, 0.15) is 51.4 Å². The first-order valence-corrected chi connectivity index (χ1v) is 8.42. The zero-order valence-electron chi connectivity index (χ0n) is 12.1. The molecule has 0 aliphatic heterocycles. The minimum absolute atomic E-state index is 0.270. The maximum atomic E-state index is 10.5. The molecule has 0 aromatic heterocycles. The van der Waals surface area contributed by atoms with Crippen LogP contribution in [0, 0.1) is 10.1 Å². The van der Waals surface area contributed by atoms with Gasteiger partial charge in [-0.15, -0.1) is 0 Å². The Hall–Kier alpha value is 0.190. The van der Waals surface area contributed by atoms with Gasteiger partial charge in [-0.3, -0.25) is 10.1 Å². The molecule has 1 N–H and O–H groups in total. The number of ether oxygens (including phenoxy) is 1. The van der Waals surface area contributed by atoms with Gasteiger partial charge in [0.25, 0.3) is 0 Å². The van der Waals surface area contributed by atoms with Gasteiger partial charge in [0.05, 0.1) is 0 Å². The van der Waals surface area contributed by atoms with Gasteiger partial charge < -0.3 is 9.84 Å². The second-order valence-electron chi connectivity index (χ2n) is 4.97. The van der Waals surface area contributed by atoms with E-state index >= 15 is 0 Å². The summed E-state index contributed by atoms with van der Waals surface area (Å²) in [6, 6.07) is 0. The van der Waals surface area contributed by atoms with Crippen LogP contribution in [0.3, 0.4) is 0 Å². The molecule has 5 nitrogen and oxygen atoms in total. The average Bonchev–Trinajstić information content (AvgIpc) is 2.38. The number of hydrogen-bond acceptors (Lipinski definition) is 4. The third-order valence-corrected chi connectivity index (χ3v) is 3.78. The fourth-order valence-corrected chi connectivity index (χ4v) is 2.28. The largest absolute Gasteiger partial charge is 0.396 e. The van der Waals surface area contributed by atoms with E-state index < -0.39 is 21.4 Å². The summed E-state index contributed by atoms with van der Waals surface area (Å²) in [5.41, 5.74) is 0. The predicted octanol–water partition coefficient (Wildman–Crippen LogP) is 4.13. The Balaban J connectivity index is 3.56. The van der Waals surface area contributed by atoms with E-state index in [9.17, 15) is 10.1 Å². The molecule has 0 spiro atoms. The van der Waals surface area contributed by atoms with Crippen LogP contribution in [-0.2, 0) is 4.74 Å². The van der Waals surface area contributed by atoms with Crippen LogP contribution in [-0.4, -0.2) is 39.7 Å². The molecule has 0 rings (SSSR count). The minimum Gasteiger partial charge on any atom is -0.396 e. The molecule has 0 amide bonds. The number of rotatable bonds is 13. The number of hydrogen-bond donors (Lipinski definition) is 1. The van der Waals surface area contributed by atoms with Crippen LogP contribution < -0.4 is 0 Å². The van der Waals surface area contributed by atoms with Crippen molar-refractivity contribution in [2.75, 3.05) is 19.8 Å². The molecule has 0 heterocycles. The summed E-state index contributed by atoms with van der Waals surface area (Å²) in [5, 5.41) is 19.1. The lowest BCUT2D eigenvalue weighted by molar-refractivity contribution is -0.491. The number of nitro groups is 1. The second kappa shape index (κ2) is 12.7. The van der Waals surface area contributed by atoms with Crippen molar-refractivity contribution >= 4 is 34.8 Å². The first kappa shape index (κ1) is 21.2. The predicted molar refractivity (Wildman–Crippen MR) is 85.9 cm³/mol. The molecule has 0 aliphatic rings. The molecule has 0 aromatic carbocycles. The van der Waals surface area contributed by atoms with Crippen molar-refractivity contribution in [3.63, 3.8) is 0 Å². The van der Waals surface area contributed by atoms with Crippen LogP contribution in [0.25, 0.3) is 0 Å². The molecule has 0 saturated heterocycles. The van der Waals surface area contributed by atoms with E-state index in [1.54, 1.807) is 0 Å². The molecular weight excluding hydrogens is 341 g/mol. The zero-order valence-corrected chi connectivity index (χ0v) is 14.4. The fourth-order valence-electron chi connectivity index (χ4n) is 1.89. The maximum Gasteiger partial charge on any atom is 0.233 e. The summed E-state index contributed by atoms with van der Waals surface area (Å²) < 4.78 is 3.53. The van der Waals surface area contributed by atoms with Crippen molar-refractivity contribution in [3.05, 3.63) is 10.1 Å². The first-order chi connectivity index (χ1) is 9.88. The van der Waals surface area contributed by atoms with Gasteiger partial charge in [0.15, 0.2) is 6.10 Å². The Bertz CT molecular complexity index is 275. The molecule has 1 atom stereocenters. The molecular formula is C13H24Cl3NO4. The number of alkyl halides is 3. The Morgan fingerprint density at radius 2 is 1.48 bits per heavy atom. The van der Waals surface area contributed by atoms with E-state index in [1.165, 1.54) is 6.42 Å². The lowest BCUT2D eigenvalue weighted by Crippen LogP contribution is -2.35. The van der Waals surface area contributed by atoms with Crippen LogP contribution in [0.2, 0.25) is 0 Å². The summed E-state index contributed by atoms with van der Waals surface area (Å²) in [7, 11) is 0. The average molecular weight is 365 g/mol. The van der Waals surface area contributed by atoms with Crippen LogP contribution >= 0.6 is 34.8 Å². The Kier molecular flexibility index (Phi) is 12.8. The third kappa shape index (κ3) is 13.6. The highest BCUT2D eigenvalue weighted by molar-refractivity contribution is 6.68. The number of unbranched alkanes of at least 4 members (excludes halogenated alkanes) is 7. The summed E-state index contributed by atoms with van der Waals surface area (Å²) >= 11 is 16.9. The Morgan fingerprint density at radius 3 is 1.90 bits per heavy atom. The van der Waals surface area contributed by atoms with Crippen LogP contribution in [0.4, 0.5) is 0 Å². The molecule has 0 radical (unpaired) electrons. The second-order valence-corrected chi connectivity index (χ2v) is 7.34. The highest BCUT2D eigenvalue weighted by Crippen LogP contribution is 2.32. The first-order valence-electron chi connectivity index (χ1n) is 7.29. The van der Waals surface area contributed by atoms with Crippen molar-refractivity contribution in [1.29, 1.82) is 0 Å². The molecule has 0 bridgehead atoms. The molecule has 8 heteroatoms. The molecule has 0 saturated carbocycles. The van der Waals surface area contributed by atoms with E-state index in [4.69, 9.17) is 44.6 Å². The van der Waals surface area contributed by atoms with E-state index in [0.717, 1.165) is 44.9 Å². The van der Waals surface area contributed by atoms with E-state index in [1.807, 2.05) is 0 Å². The topological polar surface area (TPSA) is 72.6 Å². The molecule has 0 aliphatic carbocycles. The normalized spacial score (nSPS) is 13.3. The monoisotopic (exact) mass is 363 g/mol. The molecule has 0 fully saturated rings. The van der Waals surface area contributed by atoms with Crippen molar-refractivity contribution in [1.82, 2.24) is 0 Å². The lowest BCUT2D eigenvalue weighted by atomic mass is 10.1. The fraction of sp³-hybridized carbons (Fsp3) is 1.00. The van der Waals surface area contributed by atoms with Crippen LogP contribution in [0.15, 0.2) is 0 Å². The quantitative estimate of drug-likeness (QED) is 0.231. The van der Waals surface area contributed by atoms with Gasteiger partial charge in [0.2, 0.25) is 10.3 Å². The zero-order chi connectivity index (χ0) is 16.1. The maximum absolute atomic E-state index is 10.5. The molecule has 1 unspecified atom stereocenters. The van der Waals surface area contributed by atoms with Gasteiger partial charge in [0.1, 0.15) is 0 Å². The summed E-state index contributed by atoms with van der Waals surface area (Å²) in [5.74, 6) is 0. The third-order valence-electron chi connectivity index (χ3n) is 3.05. The van der Waals surface area contributed by atoms with Crippen molar-refractivity contribution in [2.45, 2.75) is 61.3 Å². The van der Waals surface area contributed by atoms with Gasteiger partial charge in [-0.1, -0.05) is 73.3 Å². The summed E-state index contributed by atoms with van der Waals surface area (Å²) in [6.07, 6.45) is 7.28. The van der Waals surface area contributed by atoms with Crippen molar-refractivity contribution in [2.24, 2.45) is 0 Å². The van der Waals surface area contributed by atoms with Crippen molar-refractivity contribution in [3.8, 4) is 0 Å². The number of aliphatic hydroxyl groups is 1. The lowest BCUT2D eigenvalue weighted by Gasteiger charge is -2.21. The minimum atomic E-state index is -1.78.